The zero-order valence-electron chi connectivity index (χ0n) is 17.3. The van der Waals surface area contributed by atoms with E-state index >= 15 is 0 Å². The summed E-state index contributed by atoms with van der Waals surface area (Å²) in [5.74, 6) is 0.795. The van der Waals surface area contributed by atoms with E-state index in [4.69, 9.17) is 19.9 Å². The monoisotopic (exact) mass is 398 g/mol. The number of nitrogens with one attached hydrogen (secondary N) is 1. The summed E-state index contributed by atoms with van der Waals surface area (Å²) < 4.78 is 16.5. The van der Waals surface area contributed by atoms with Crippen molar-refractivity contribution in [3.8, 4) is 5.75 Å². The number of nitrogens with two attached hydrogens (primary N) is 1. The van der Waals surface area contributed by atoms with Crippen LogP contribution in [0.15, 0.2) is 54.6 Å². The lowest BCUT2D eigenvalue weighted by atomic mass is 9.85. The van der Waals surface area contributed by atoms with Crippen molar-refractivity contribution in [3.63, 3.8) is 0 Å². The summed E-state index contributed by atoms with van der Waals surface area (Å²) in [5, 5.41) is 2.93. The van der Waals surface area contributed by atoms with Gasteiger partial charge < -0.3 is 25.3 Å². The molecule has 1 saturated heterocycles. The van der Waals surface area contributed by atoms with Gasteiger partial charge in [0.2, 0.25) is 0 Å². The quantitative estimate of drug-likeness (QED) is 0.747. The lowest BCUT2D eigenvalue weighted by Gasteiger charge is -2.44. The molecule has 0 bridgehead atoms. The highest BCUT2D eigenvalue weighted by molar-refractivity contribution is 5.68. The first-order valence-electron chi connectivity index (χ1n) is 9.85. The molecule has 1 amide bonds. The molecule has 1 aliphatic heterocycles. The number of hydrogen-bond donors (Lipinski definition) is 2. The summed E-state index contributed by atoms with van der Waals surface area (Å²) in [4.78, 5) is 12.3. The summed E-state index contributed by atoms with van der Waals surface area (Å²) in [7, 11) is 0. The highest BCUT2D eigenvalue weighted by atomic mass is 16.6. The molecule has 0 aromatic heterocycles. The molecule has 2 aromatic rings. The summed E-state index contributed by atoms with van der Waals surface area (Å²) >= 11 is 0. The average Bonchev–Trinajstić information content (AvgIpc) is 2.64. The molecule has 1 heterocycles. The highest BCUT2D eigenvalue weighted by Gasteiger charge is 2.43. The first kappa shape index (κ1) is 21.1. The molecule has 156 valence electrons. The number of carbonyl (C=O) groups excluding carboxylic acids is 1. The lowest BCUT2D eigenvalue weighted by Crippen LogP contribution is -2.70. The summed E-state index contributed by atoms with van der Waals surface area (Å²) in [5.41, 5.74) is 7.44. The van der Waals surface area contributed by atoms with E-state index in [1.54, 1.807) is 0 Å². The Morgan fingerprint density at radius 2 is 1.76 bits per heavy atom. The van der Waals surface area contributed by atoms with E-state index in [0.717, 1.165) is 16.9 Å². The maximum absolute atomic E-state index is 12.3. The zero-order valence-corrected chi connectivity index (χ0v) is 17.3. The third kappa shape index (κ3) is 6.21. The van der Waals surface area contributed by atoms with Crippen LogP contribution in [-0.4, -0.2) is 36.5 Å². The van der Waals surface area contributed by atoms with Crippen molar-refractivity contribution in [1.29, 1.82) is 0 Å². The number of rotatable bonds is 7. The van der Waals surface area contributed by atoms with Crippen LogP contribution < -0.4 is 15.8 Å². The van der Waals surface area contributed by atoms with Crippen LogP contribution in [0.3, 0.4) is 0 Å². The number of alkyl carbamates (subject to hydrolysis) is 1. The lowest BCUT2D eigenvalue weighted by molar-refractivity contribution is -0.0719. The van der Waals surface area contributed by atoms with E-state index in [0.29, 0.717) is 26.2 Å². The molecule has 1 atom stereocenters. The molecule has 0 saturated carbocycles. The van der Waals surface area contributed by atoms with Crippen LogP contribution in [0.25, 0.3) is 0 Å². The van der Waals surface area contributed by atoms with Crippen LogP contribution in [0.2, 0.25) is 0 Å². The molecule has 3 N–H and O–H groups in total. The van der Waals surface area contributed by atoms with Gasteiger partial charge in [-0.25, -0.2) is 4.79 Å². The third-order valence-corrected chi connectivity index (χ3v) is 4.74. The Kier molecular flexibility index (Phi) is 6.45. The molecule has 0 aliphatic carbocycles. The van der Waals surface area contributed by atoms with Crippen molar-refractivity contribution in [3.05, 3.63) is 65.7 Å². The van der Waals surface area contributed by atoms with Gasteiger partial charge >= 0.3 is 6.09 Å². The van der Waals surface area contributed by atoms with Crippen molar-refractivity contribution in [1.82, 2.24) is 5.32 Å². The van der Waals surface area contributed by atoms with Crippen LogP contribution >= 0.6 is 0 Å². The molecule has 0 radical (unpaired) electrons. The minimum absolute atomic E-state index is 0.290. The van der Waals surface area contributed by atoms with E-state index in [1.807, 2.05) is 75.4 Å². The fourth-order valence-corrected chi connectivity index (χ4v) is 3.09. The molecule has 6 heteroatoms. The number of carbonyl (C=O) groups is 1. The van der Waals surface area contributed by atoms with Crippen molar-refractivity contribution in [2.75, 3.05) is 13.2 Å². The summed E-state index contributed by atoms with van der Waals surface area (Å²) in [6.07, 6.45) is 0.111. The normalized spacial score (nSPS) is 16.4. The van der Waals surface area contributed by atoms with E-state index in [9.17, 15) is 4.79 Å². The number of amides is 1. The Morgan fingerprint density at radius 1 is 1.10 bits per heavy atom. The minimum Gasteiger partial charge on any atom is -0.489 e. The van der Waals surface area contributed by atoms with E-state index in [2.05, 4.69) is 5.32 Å². The molecule has 0 unspecified atom stereocenters. The molecule has 29 heavy (non-hydrogen) atoms. The van der Waals surface area contributed by atoms with Gasteiger partial charge in [0, 0.05) is 0 Å². The van der Waals surface area contributed by atoms with Gasteiger partial charge in [-0.2, -0.15) is 0 Å². The first-order valence-corrected chi connectivity index (χ1v) is 9.85. The van der Waals surface area contributed by atoms with Gasteiger partial charge in [0.25, 0.3) is 0 Å². The summed E-state index contributed by atoms with van der Waals surface area (Å²) in [6, 6.07) is 17.6. The smallest absolute Gasteiger partial charge is 0.407 e. The van der Waals surface area contributed by atoms with Gasteiger partial charge in [-0.3, -0.25) is 0 Å². The van der Waals surface area contributed by atoms with E-state index < -0.39 is 17.2 Å². The second kappa shape index (κ2) is 8.84. The number of ether oxygens (including phenoxy) is 3. The van der Waals surface area contributed by atoms with E-state index in [1.165, 1.54) is 0 Å². The fourth-order valence-electron chi connectivity index (χ4n) is 3.09. The zero-order chi connectivity index (χ0) is 20.9. The Morgan fingerprint density at radius 3 is 2.31 bits per heavy atom. The maximum atomic E-state index is 12.3. The number of benzene rings is 2. The molecule has 6 nitrogen and oxygen atoms in total. The topological polar surface area (TPSA) is 82.8 Å². The van der Waals surface area contributed by atoms with Crippen LogP contribution in [0, 0.1) is 0 Å². The molecule has 1 fully saturated rings. The van der Waals surface area contributed by atoms with Gasteiger partial charge in [0.05, 0.1) is 24.8 Å². The largest absolute Gasteiger partial charge is 0.489 e. The van der Waals surface area contributed by atoms with Crippen molar-refractivity contribution in [2.24, 2.45) is 5.73 Å². The van der Waals surface area contributed by atoms with Gasteiger partial charge in [-0.1, -0.05) is 42.5 Å². The number of hydrogen-bond acceptors (Lipinski definition) is 5. The first-order chi connectivity index (χ1) is 13.7. The van der Waals surface area contributed by atoms with Gasteiger partial charge in [0.15, 0.2) is 0 Å². The van der Waals surface area contributed by atoms with Gasteiger partial charge in [-0.15, -0.1) is 0 Å². The SMILES string of the molecule is CC(C)(C)OC(=O)N[C@@H](Cc1ccc(OCc2ccccc2)cc1)C1(N)COC1. The van der Waals surface area contributed by atoms with Gasteiger partial charge in [-0.05, 0) is 50.5 Å². The Hall–Kier alpha value is -2.57. The second-order valence-corrected chi connectivity index (χ2v) is 8.55. The van der Waals surface area contributed by atoms with Crippen LogP contribution in [0.4, 0.5) is 4.79 Å². The van der Waals surface area contributed by atoms with Crippen LogP contribution in [-0.2, 0) is 22.5 Å². The molecular weight excluding hydrogens is 368 g/mol. The Labute approximate surface area is 172 Å². The second-order valence-electron chi connectivity index (χ2n) is 8.55. The van der Waals surface area contributed by atoms with E-state index in [-0.39, 0.29) is 6.04 Å². The summed E-state index contributed by atoms with van der Waals surface area (Å²) in [6.45, 7) is 6.84. The Bertz CT molecular complexity index is 796. The molecule has 0 spiro atoms. The minimum atomic E-state index is -0.598. The average molecular weight is 399 g/mol. The molecular formula is C23H30N2O4. The predicted octanol–water partition coefficient (Wildman–Crippen LogP) is 3.43. The van der Waals surface area contributed by atoms with Crippen molar-refractivity contribution < 1.29 is 19.0 Å². The van der Waals surface area contributed by atoms with Gasteiger partial charge in [0.1, 0.15) is 18.0 Å². The molecule has 3 rings (SSSR count). The maximum Gasteiger partial charge on any atom is 0.407 e. The standard InChI is InChI=1S/C23H30N2O4/c1-22(2,3)29-21(26)25-20(23(24)15-27-16-23)13-17-9-11-19(12-10-17)28-14-18-7-5-4-6-8-18/h4-12,20H,13-16,24H2,1-3H3,(H,25,26)/t20-/m0/s1. The highest BCUT2D eigenvalue weighted by Crippen LogP contribution is 2.23. The third-order valence-electron chi connectivity index (χ3n) is 4.74. The van der Waals surface area contributed by atoms with Crippen LogP contribution in [0.1, 0.15) is 31.9 Å². The van der Waals surface area contributed by atoms with Crippen LogP contribution in [0.5, 0.6) is 5.75 Å². The molecule has 1 aliphatic rings. The molecule has 2 aromatic carbocycles. The van der Waals surface area contributed by atoms with Crippen molar-refractivity contribution in [2.45, 2.75) is 51.0 Å². The fraction of sp³-hybridized carbons (Fsp3) is 0.435. The predicted molar refractivity (Wildman–Crippen MR) is 112 cm³/mol. The van der Waals surface area contributed by atoms with Crippen molar-refractivity contribution >= 4 is 6.09 Å². The Balaban J connectivity index is 1.60.